The largest absolute Gasteiger partial charge is 0.507 e. The van der Waals surface area contributed by atoms with Crippen molar-refractivity contribution in [3.05, 3.63) is 51.8 Å². The highest BCUT2D eigenvalue weighted by Crippen LogP contribution is 2.43. The molecule has 0 amide bonds. The molecule has 212 valence electrons. The predicted molar refractivity (Wildman–Crippen MR) is 162 cm³/mol. The van der Waals surface area contributed by atoms with Crippen LogP contribution in [0, 0.1) is 0 Å². The van der Waals surface area contributed by atoms with Crippen molar-refractivity contribution < 1.29 is 10.2 Å². The zero-order chi connectivity index (χ0) is 29.7. The van der Waals surface area contributed by atoms with Crippen molar-refractivity contribution >= 4 is 34.9 Å². The fourth-order valence-corrected chi connectivity index (χ4v) is 4.58. The van der Waals surface area contributed by atoms with Crippen molar-refractivity contribution in [2.75, 3.05) is 10.6 Å². The van der Waals surface area contributed by atoms with Crippen LogP contribution >= 0.6 is 11.6 Å². The minimum atomic E-state index is -0.278. The number of phenolic OH excluding ortho intramolecular Hbond substituents is 2. The van der Waals surface area contributed by atoms with E-state index in [9.17, 15) is 10.2 Å². The van der Waals surface area contributed by atoms with Gasteiger partial charge in [-0.2, -0.15) is 15.0 Å². The lowest BCUT2D eigenvalue weighted by molar-refractivity contribution is 0.422. The van der Waals surface area contributed by atoms with Crippen molar-refractivity contribution in [3.63, 3.8) is 0 Å². The molecule has 0 aliphatic carbocycles. The van der Waals surface area contributed by atoms with Gasteiger partial charge in [0.1, 0.15) is 11.5 Å². The number of nitrogens with zero attached hydrogens (tertiary/aromatic N) is 3. The van der Waals surface area contributed by atoms with Crippen LogP contribution in [0.2, 0.25) is 5.28 Å². The highest BCUT2D eigenvalue weighted by atomic mass is 35.5. The number of phenols is 2. The highest BCUT2D eigenvalue weighted by molar-refractivity contribution is 6.28. The van der Waals surface area contributed by atoms with E-state index in [0.29, 0.717) is 11.5 Å². The molecule has 0 radical (unpaired) electrons. The van der Waals surface area contributed by atoms with Crippen LogP contribution in [-0.4, -0.2) is 25.2 Å². The lowest BCUT2D eigenvalue weighted by atomic mass is 9.79. The number of nitrogens with one attached hydrogen (secondary N) is 2. The van der Waals surface area contributed by atoms with Gasteiger partial charge in [-0.1, -0.05) is 83.1 Å². The average molecular weight is 554 g/mol. The molecule has 3 aromatic rings. The van der Waals surface area contributed by atoms with Gasteiger partial charge in [0, 0.05) is 33.6 Å². The molecule has 0 saturated heterocycles. The molecule has 0 fully saturated rings. The summed E-state index contributed by atoms with van der Waals surface area (Å²) < 4.78 is 0. The lowest BCUT2D eigenvalue weighted by Crippen LogP contribution is -2.18. The molecule has 3 rings (SSSR count). The van der Waals surface area contributed by atoms with Gasteiger partial charge in [-0.05, 0) is 57.5 Å². The first-order valence-corrected chi connectivity index (χ1v) is 13.7. The summed E-state index contributed by atoms with van der Waals surface area (Å²) in [6.07, 6.45) is 0. The Labute approximate surface area is 238 Å². The number of rotatable bonds is 4. The molecule has 0 atom stereocenters. The summed E-state index contributed by atoms with van der Waals surface area (Å²) in [6.45, 7) is 24.8. The van der Waals surface area contributed by atoms with Gasteiger partial charge in [0.25, 0.3) is 0 Å². The molecule has 0 saturated carbocycles. The van der Waals surface area contributed by atoms with E-state index in [1.54, 1.807) is 0 Å². The molecule has 0 bridgehead atoms. The fraction of sp³-hybridized carbons (Fsp3) is 0.516. The summed E-state index contributed by atoms with van der Waals surface area (Å²) >= 11 is 6.33. The Morgan fingerprint density at radius 1 is 0.513 bits per heavy atom. The minimum Gasteiger partial charge on any atom is -0.507 e. The summed E-state index contributed by atoms with van der Waals surface area (Å²) in [7, 11) is 0. The molecule has 1 heterocycles. The molecule has 0 aliphatic heterocycles. The van der Waals surface area contributed by atoms with E-state index < -0.39 is 0 Å². The van der Waals surface area contributed by atoms with Crippen LogP contribution in [0.1, 0.15) is 105 Å². The first-order chi connectivity index (χ1) is 17.6. The van der Waals surface area contributed by atoms with Gasteiger partial charge < -0.3 is 20.8 Å². The van der Waals surface area contributed by atoms with Gasteiger partial charge in [0.15, 0.2) is 0 Å². The second kappa shape index (κ2) is 10.2. The Balaban J connectivity index is 2.07. The van der Waals surface area contributed by atoms with E-state index >= 15 is 0 Å². The topological polar surface area (TPSA) is 103 Å². The molecule has 1 aromatic heterocycles. The third-order valence-electron chi connectivity index (χ3n) is 6.57. The normalized spacial score (nSPS) is 12.9. The van der Waals surface area contributed by atoms with Gasteiger partial charge in [0.05, 0.1) is 0 Å². The van der Waals surface area contributed by atoms with Crippen LogP contribution in [0.4, 0.5) is 23.3 Å². The molecular weight excluding hydrogens is 510 g/mol. The van der Waals surface area contributed by atoms with Gasteiger partial charge in [-0.3, -0.25) is 0 Å². The van der Waals surface area contributed by atoms with Crippen LogP contribution in [0.5, 0.6) is 11.5 Å². The number of anilines is 4. The summed E-state index contributed by atoms with van der Waals surface area (Å²) in [5.74, 6) is 1.14. The van der Waals surface area contributed by atoms with Crippen LogP contribution < -0.4 is 10.6 Å². The number of halogens is 1. The van der Waals surface area contributed by atoms with Crippen molar-refractivity contribution in [2.45, 2.75) is 105 Å². The molecular formula is C31H44ClN5O2. The van der Waals surface area contributed by atoms with E-state index in [1.807, 2.05) is 24.3 Å². The van der Waals surface area contributed by atoms with Gasteiger partial charge in [0.2, 0.25) is 17.2 Å². The van der Waals surface area contributed by atoms with Crippen LogP contribution in [-0.2, 0) is 21.7 Å². The van der Waals surface area contributed by atoms with Crippen LogP contribution in [0.3, 0.4) is 0 Å². The number of benzene rings is 2. The zero-order valence-electron chi connectivity index (χ0n) is 25.4. The first-order valence-electron chi connectivity index (χ1n) is 13.3. The maximum atomic E-state index is 11.1. The third kappa shape index (κ3) is 7.13. The van der Waals surface area contributed by atoms with E-state index in [-0.39, 0.29) is 38.8 Å². The zero-order valence-corrected chi connectivity index (χ0v) is 26.2. The third-order valence-corrected chi connectivity index (χ3v) is 6.74. The number of aromatic hydroxyl groups is 2. The van der Waals surface area contributed by atoms with Crippen molar-refractivity contribution in [1.82, 2.24) is 15.0 Å². The maximum Gasteiger partial charge on any atom is 0.233 e. The number of hydrogen-bond acceptors (Lipinski definition) is 7. The quantitative estimate of drug-likeness (QED) is 0.240. The standard InChI is InChI=1S/C31H44ClN5O2/c1-28(2,3)19-13-17(14-20(23(19)38)29(4,5)6)33-26-35-25(32)36-27(37-26)34-18-15-21(30(7,8)9)24(39)22(16-18)31(10,11)12/h13-16,38-39H,1-12H3,(H2,33,34,35,36,37). The van der Waals surface area contributed by atoms with E-state index in [2.05, 4.69) is 109 Å². The Hall–Kier alpha value is -3.06. The van der Waals surface area contributed by atoms with Crippen molar-refractivity contribution in [2.24, 2.45) is 0 Å². The minimum absolute atomic E-state index is 0.0340. The van der Waals surface area contributed by atoms with Crippen molar-refractivity contribution in [1.29, 1.82) is 0 Å². The number of aromatic nitrogens is 3. The molecule has 4 N–H and O–H groups in total. The summed E-state index contributed by atoms with van der Waals surface area (Å²) in [5, 5.41) is 28.7. The molecule has 7 nitrogen and oxygen atoms in total. The van der Waals surface area contributed by atoms with E-state index in [4.69, 9.17) is 11.6 Å². The van der Waals surface area contributed by atoms with Gasteiger partial charge >= 0.3 is 0 Å². The Kier molecular flexibility index (Phi) is 7.94. The summed E-state index contributed by atoms with van der Waals surface area (Å²) in [4.78, 5) is 13.2. The van der Waals surface area contributed by atoms with E-state index in [1.165, 1.54) is 0 Å². The van der Waals surface area contributed by atoms with E-state index in [0.717, 1.165) is 33.6 Å². The Morgan fingerprint density at radius 3 is 1.00 bits per heavy atom. The second-order valence-electron chi connectivity index (χ2n) is 14.3. The smallest absolute Gasteiger partial charge is 0.233 e. The second-order valence-corrected chi connectivity index (χ2v) is 14.7. The molecule has 8 heteroatoms. The van der Waals surface area contributed by atoms with Crippen LogP contribution in [0.25, 0.3) is 0 Å². The summed E-state index contributed by atoms with van der Waals surface area (Å²) in [6, 6.07) is 7.67. The monoisotopic (exact) mass is 553 g/mol. The molecule has 0 unspecified atom stereocenters. The van der Waals surface area contributed by atoms with Gasteiger partial charge in [-0.15, -0.1) is 0 Å². The Morgan fingerprint density at radius 2 is 0.769 bits per heavy atom. The molecule has 39 heavy (non-hydrogen) atoms. The van der Waals surface area contributed by atoms with Crippen molar-refractivity contribution in [3.8, 4) is 11.5 Å². The van der Waals surface area contributed by atoms with Crippen LogP contribution in [0.15, 0.2) is 24.3 Å². The number of hydrogen-bond donors (Lipinski definition) is 4. The first kappa shape index (κ1) is 30.5. The average Bonchev–Trinajstić information content (AvgIpc) is 2.72. The summed E-state index contributed by atoms with van der Waals surface area (Å²) in [5.41, 5.74) is 3.66. The molecule has 0 aliphatic rings. The van der Waals surface area contributed by atoms with Gasteiger partial charge in [-0.25, -0.2) is 0 Å². The SMILES string of the molecule is CC(C)(C)c1cc(Nc2nc(Cl)nc(Nc3cc(C(C)(C)C)c(O)c(C(C)(C)C)c3)n2)cc(C(C)(C)C)c1O. The molecule has 2 aromatic carbocycles. The Bertz CT molecular complexity index is 1200. The predicted octanol–water partition coefficient (Wildman–Crippen LogP) is 8.61. The maximum absolute atomic E-state index is 11.1. The molecule has 0 spiro atoms. The highest BCUT2D eigenvalue weighted by Gasteiger charge is 2.28. The fourth-order valence-electron chi connectivity index (χ4n) is 4.42. The lowest BCUT2D eigenvalue weighted by Gasteiger charge is -2.28.